The fourth-order valence-electron chi connectivity index (χ4n) is 3.07. The molecule has 3 rings (SSSR count). The van der Waals surface area contributed by atoms with Crippen molar-refractivity contribution in [3.05, 3.63) is 66.0 Å². The van der Waals surface area contributed by atoms with Crippen LogP contribution in [0.15, 0.2) is 54.6 Å². The lowest BCUT2D eigenvalue weighted by Crippen LogP contribution is -2.42. The van der Waals surface area contributed by atoms with E-state index in [1.807, 2.05) is 30.3 Å². The minimum atomic E-state index is -0.354. The van der Waals surface area contributed by atoms with Gasteiger partial charge in [0.05, 0.1) is 6.42 Å². The van der Waals surface area contributed by atoms with Gasteiger partial charge >= 0.3 is 0 Å². The van der Waals surface area contributed by atoms with Gasteiger partial charge in [-0.3, -0.25) is 9.59 Å². The first-order chi connectivity index (χ1) is 12.1. The summed E-state index contributed by atoms with van der Waals surface area (Å²) in [6.07, 6.45) is 1.32. The van der Waals surface area contributed by atoms with Gasteiger partial charge in [-0.25, -0.2) is 4.39 Å². The molecule has 1 saturated heterocycles. The molecular weight excluding hydrogens is 319 g/mol. The molecule has 5 heteroatoms. The molecule has 0 bridgehead atoms. The summed E-state index contributed by atoms with van der Waals surface area (Å²) in [5.74, 6) is -0.551. The summed E-state index contributed by atoms with van der Waals surface area (Å²) >= 11 is 0. The molecule has 1 aliphatic rings. The standard InChI is InChI=1S/C20H21FN2O2/c21-18-9-5-4-6-16(18)14-19(24)23-12-10-15(11-13-23)20(25)22-17-7-2-1-3-8-17/h1-9,15H,10-14H2,(H,22,25). The van der Waals surface area contributed by atoms with E-state index in [0.717, 1.165) is 5.69 Å². The molecule has 0 aliphatic carbocycles. The van der Waals surface area contributed by atoms with Crippen molar-refractivity contribution >= 4 is 17.5 Å². The van der Waals surface area contributed by atoms with E-state index in [4.69, 9.17) is 0 Å². The number of nitrogens with one attached hydrogen (secondary N) is 1. The number of anilines is 1. The second-order valence-corrected chi connectivity index (χ2v) is 6.28. The van der Waals surface area contributed by atoms with Crippen molar-refractivity contribution in [1.82, 2.24) is 4.90 Å². The van der Waals surface area contributed by atoms with Crippen LogP contribution in [0.1, 0.15) is 18.4 Å². The van der Waals surface area contributed by atoms with Gasteiger partial charge in [-0.1, -0.05) is 36.4 Å². The van der Waals surface area contributed by atoms with Crippen LogP contribution in [0.25, 0.3) is 0 Å². The molecule has 1 heterocycles. The number of likely N-dealkylation sites (tertiary alicyclic amines) is 1. The molecule has 0 atom stereocenters. The number of halogens is 1. The van der Waals surface area contributed by atoms with E-state index in [1.165, 1.54) is 6.07 Å². The molecule has 2 aromatic carbocycles. The molecule has 0 spiro atoms. The second kappa shape index (κ2) is 7.92. The van der Waals surface area contributed by atoms with Gasteiger partial charge in [0.1, 0.15) is 5.82 Å². The molecular formula is C20H21FN2O2. The van der Waals surface area contributed by atoms with Crippen molar-refractivity contribution in [2.45, 2.75) is 19.3 Å². The number of piperidine rings is 1. The van der Waals surface area contributed by atoms with E-state index >= 15 is 0 Å². The zero-order valence-corrected chi connectivity index (χ0v) is 14.0. The number of benzene rings is 2. The maximum atomic E-state index is 13.7. The quantitative estimate of drug-likeness (QED) is 0.929. The van der Waals surface area contributed by atoms with Crippen molar-refractivity contribution in [2.75, 3.05) is 18.4 Å². The number of hydrogen-bond donors (Lipinski definition) is 1. The van der Waals surface area contributed by atoms with Crippen molar-refractivity contribution in [2.24, 2.45) is 5.92 Å². The van der Waals surface area contributed by atoms with Gasteiger partial charge in [-0.15, -0.1) is 0 Å². The Balaban J connectivity index is 1.50. The molecule has 2 aromatic rings. The first kappa shape index (κ1) is 17.1. The van der Waals surface area contributed by atoms with Crippen LogP contribution in [-0.2, 0) is 16.0 Å². The largest absolute Gasteiger partial charge is 0.342 e. The molecule has 1 N–H and O–H groups in total. The Morgan fingerprint density at radius 2 is 1.64 bits per heavy atom. The highest BCUT2D eigenvalue weighted by atomic mass is 19.1. The summed E-state index contributed by atoms with van der Waals surface area (Å²) in [5.41, 5.74) is 1.20. The number of para-hydroxylation sites is 1. The first-order valence-electron chi connectivity index (χ1n) is 8.50. The Labute approximate surface area is 146 Å². The number of nitrogens with zero attached hydrogens (tertiary/aromatic N) is 1. The van der Waals surface area contributed by atoms with Gasteiger partial charge in [0, 0.05) is 24.7 Å². The van der Waals surface area contributed by atoms with E-state index < -0.39 is 0 Å². The zero-order valence-electron chi connectivity index (χ0n) is 14.0. The Morgan fingerprint density at radius 1 is 1.00 bits per heavy atom. The van der Waals surface area contributed by atoms with Gasteiger partial charge in [0.25, 0.3) is 0 Å². The van der Waals surface area contributed by atoms with Crippen molar-refractivity contribution in [3.8, 4) is 0 Å². The highest BCUT2D eigenvalue weighted by Gasteiger charge is 2.27. The highest BCUT2D eigenvalue weighted by molar-refractivity contribution is 5.92. The maximum Gasteiger partial charge on any atom is 0.227 e. The van der Waals surface area contributed by atoms with E-state index in [0.29, 0.717) is 31.5 Å². The smallest absolute Gasteiger partial charge is 0.227 e. The maximum absolute atomic E-state index is 13.7. The fourth-order valence-corrected chi connectivity index (χ4v) is 3.07. The minimum absolute atomic E-state index is 0.00703. The summed E-state index contributed by atoms with van der Waals surface area (Å²) in [5, 5.41) is 2.91. The van der Waals surface area contributed by atoms with Crippen LogP contribution in [-0.4, -0.2) is 29.8 Å². The van der Waals surface area contributed by atoms with Gasteiger partial charge in [0.2, 0.25) is 11.8 Å². The summed E-state index contributed by atoms with van der Waals surface area (Å²) in [4.78, 5) is 26.4. The number of carbonyl (C=O) groups is 2. The average molecular weight is 340 g/mol. The predicted octanol–water partition coefficient (Wildman–Crippen LogP) is 3.25. The zero-order chi connectivity index (χ0) is 17.6. The summed E-state index contributed by atoms with van der Waals surface area (Å²) in [7, 11) is 0. The first-order valence-corrected chi connectivity index (χ1v) is 8.50. The summed E-state index contributed by atoms with van der Waals surface area (Å²) in [6.45, 7) is 1.06. The molecule has 0 aromatic heterocycles. The van der Waals surface area contributed by atoms with Crippen molar-refractivity contribution in [3.63, 3.8) is 0 Å². The summed E-state index contributed by atoms with van der Waals surface area (Å²) in [6, 6.07) is 15.7. The normalized spacial score (nSPS) is 15.0. The topological polar surface area (TPSA) is 49.4 Å². The third-order valence-corrected chi connectivity index (χ3v) is 4.56. The fraction of sp³-hybridized carbons (Fsp3) is 0.300. The van der Waals surface area contributed by atoms with Crippen LogP contribution in [0.5, 0.6) is 0 Å². The van der Waals surface area contributed by atoms with Gasteiger partial charge in [0.15, 0.2) is 0 Å². The van der Waals surface area contributed by atoms with Crippen LogP contribution in [0.2, 0.25) is 0 Å². The number of amides is 2. The molecule has 1 aliphatic heterocycles. The SMILES string of the molecule is O=C(Nc1ccccc1)C1CCN(C(=O)Cc2ccccc2F)CC1. The van der Waals surface area contributed by atoms with Gasteiger partial charge < -0.3 is 10.2 Å². The molecule has 2 amide bonds. The molecule has 25 heavy (non-hydrogen) atoms. The Kier molecular flexibility index (Phi) is 5.43. The Hall–Kier alpha value is -2.69. The van der Waals surface area contributed by atoms with Crippen LogP contribution >= 0.6 is 0 Å². The van der Waals surface area contributed by atoms with E-state index in [9.17, 15) is 14.0 Å². The van der Waals surface area contributed by atoms with E-state index in [1.54, 1.807) is 23.1 Å². The van der Waals surface area contributed by atoms with Crippen LogP contribution in [0, 0.1) is 11.7 Å². The number of rotatable bonds is 4. The highest BCUT2D eigenvalue weighted by Crippen LogP contribution is 2.20. The van der Waals surface area contributed by atoms with Crippen LogP contribution in [0.3, 0.4) is 0 Å². The van der Waals surface area contributed by atoms with Crippen molar-refractivity contribution in [1.29, 1.82) is 0 Å². The summed E-state index contributed by atoms with van der Waals surface area (Å²) < 4.78 is 13.7. The molecule has 0 radical (unpaired) electrons. The lowest BCUT2D eigenvalue weighted by atomic mass is 9.95. The molecule has 0 unspecified atom stereocenters. The average Bonchev–Trinajstić information content (AvgIpc) is 2.64. The molecule has 1 fully saturated rings. The van der Waals surface area contributed by atoms with Gasteiger partial charge in [-0.05, 0) is 36.6 Å². The Morgan fingerprint density at radius 3 is 2.32 bits per heavy atom. The van der Waals surface area contributed by atoms with Crippen LogP contribution in [0.4, 0.5) is 10.1 Å². The van der Waals surface area contributed by atoms with Gasteiger partial charge in [-0.2, -0.15) is 0 Å². The Bertz CT molecular complexity index is 740. The van der Waals surface area contributed by atoms with Crippen molar-refractivity contribution < 1.29 is 14.0 Å². The predicted molar refractivity (Wildman–Crippen MR) is 94.5 cm³/mol. The third kappa shape index (κ3) is 4.44. The van der Waals surface area contributed by atoms with E-state index in [2.05, 4.69) is 5.32 Å². The lowest BCUT2D eigenvalue weighted by molar-refractivity contribution is -0.133. The number of hydrogen-bond acceptors (Lipinski definition) is 2. The molecule has 130 valence electrons. The molecule has 4 nitrogen and oxygen atoms in total. The third-order valence-electron chi connectivity index (χ3n) is 4.56. The van der Waals surface area contributed by atoms with Crippen LogP contribution < -0.4 is 5.32 Å². The minimum Gasteiger partial charge on any atom is -0.342 e. The number of carbonyl (C=O) groups excluding carboxylic acids is 2. The second-order valence-electron chi connectivity index (χ2n) is 6.28. The van der Waals surface area contributed by atoms with E-state index in [-0.39, 0.29) is 30.0 Å². The molecule has 0 saturated carbocycles. The monoisotopic (exact) mass is 340 g/mol. The lowest BCUT2D eigenvalue weighted by Gasteiger charge is -2.31.